The number of aromatic nitrogens is 3. The number of likely N-dealkylation sites (tertiary alicyclic amines) is 1. The molecule has 9 heteroatoms. The van der Waals surface area contributed by atoms with Crippen LogP contribution < -0.4 is 5.32 Å². The summed E-state index contributed by atoms with van der Waals surface area (Å²) < 4.78 is 40.2. The molecule has 1 aliphatic heterocycles. The predicted molar refractivity (Wildman–Crippen MR) is 92.8 cm³/mol. The van der Waals surface area contributed by atoms with Crippen LogP contribution in [0.4, 0.5) is 13.2 Å². The van der Waals surface area contributed by atoms with Gasteiger partial charge in [0.2, 0.25) is 0 Å². The standard InChI is InChI=1S/C17H23F3N6/c1-4-16(2)7-8-25(11-16)15(21-3)22-9-14-24-23-13-6-5-12(10-26(13)14)17(18,19)20/h5-6,10H,4,7-9,11H2,1-3H3,(H,21,22). The van der Waals surface area contributed by atoms with Gasteiger partial charge in [0.25, 0.3) is 0 Å². The molecular weight excluding hydrogens is 345 g/mol. The molecule has 0 spiro atoms. The van der Waals surface area contributed by atoms with Crippen molar-refractivity contribution in [1.82, 2.24) is 24.8 Å². The Morgan fingerprint density at radius 2 is 2.12 bits per heavy atom. The first-order valence-corrected chi connectivity index (χ1v) is 8.62. The van der Waals surface area contributed by atoms with Gasteiger partial charge in [-0.1, -0.05) is 13.8 Å². The van der Waals surface area contributed by atoms with E-state index in [9.17, 15) is 13.2 Å². The van der Waals surface area contributed by atoms with Crippen LogP contribution in [0.3, 0.4) is 0 Å². The van der Waals surface area contributed by atoms with Crippen LogP contribution in [0.2, 0.25) is 0 Å². The third-order valence-corrected chi connectivity index (χ3v) is 5.13. The maximum absolute atomic E-state index is 12.9. The van der Waals surface area contributed by atoms with Gasteiger partial charge in [-0.2, -0.15) is 13.2 Å². The molecule has 1 saturated heterocycles. The molecule has 0 amide bonds. The molecular formula is C17H23F3N6. The summed E-state index contributed by atoms with van der Waals surface area (Å²) in [5.41, 5.74) is -0.0842. The van der Waals surface area contributed by atoms with Crippen molar-refractivity contribution in [3.05, 3.63) is 29.7 Å². The summed E-state index contributed by atoms with van der Waals surface area (Å²) in [6.07, 6.45) is -1.19. The second-order valence-corrected chi connectivity index (χ2v) is 7.00. The van der Waals surface area contributed by atoms with Gasteiger partial charge >= 0.3 is 6.18 Å². The molecule has 142 valence electrons. The third kappa shape index (κ3) is 3.61. The zero-order valence-electron chi connectivity index (χ0n) is 15.1. The zero-order chi connectivity index (χ0) is 18.9. The topological polar surface area (TPSA) is 57.8 Å². The number of hydrogen-bond acceptors (Lipinski definition) is 3. The van der Waals surface area contributed by atoms with E-state index in [4.69, 9.17) is 0 Å². The van der Waals surface area contributed by atoms with Crippen molar-refractivity contribution in [3.8, 4) is 0 Å². The normalized spacial score (nSPS) is 21.6. The first-order valence-electron chi connectivity index (χ1n) is 8.62. The van der Waals surface area contributed by atoms with Gasteiger partial charge in [0.05, 0.1) is 12.1 Å². The second-order valence-electron chi connectivity index (χ2n) is 7.00. The molecule has 2 aromatic heterocycles. The van der Waals surface area contributed by atoms with Gasteiger partial charge in [-0.3, -0.25) is 9.39 Å². The lowest BCUT2D eigenvalue weighted by molar-refractivity contribution is -0.137. The Labute approximate surface area is 150 Å². The van der Waals surface area contributed by atoms with Crippen LogP contribution in [0, 0.1) is 5.41 Å². The first-order chi connectivity index (χ1) is 12.3. The molecule has 0 aliphatic carbocycles. The smallest absolute Gasteiger partial charge is 0.349 e. The first kappa shape index (κ1) is 18.5. The maximum atomic E-state index is 12.9. The van der Waals surface area contributed by atoms with Gasteiger partial charge in [0, 0.05) is 26.3 Å². The molecule has 3 rings (SSSR count). The number of alkyl halides is 3. The molecule has 1 fully saturated rings. The minimum atomic E-state index is -4.40. The van der Waals surface area contributed by atoms with Gasteiger partial charge in [0.15, 0.2) is 17.4 Å². The molecule has 3 heterocycles. The molecule has 26 heavy (non-hydrogen) atoms. The number of rotatable bonds is 3. The van der Waals surface area contributed by atoms with Crippen LogP contribution in [-0.4, -0.2) is 45.6 Å². The highest BCUT2D eigenvalue weighted by atomic mass is 19.4. The minimum Gasteiger partial charge on any atom is -0.349 e. The van der Waals surface area contributed by atoms with Crippen molar-refractivity contribution in [2.45, 2.75) is 39.4 Å². The summed E-state index contributed by atoms with van der Waals surface area (Å²) in [5.74, 6) is 1.13. The highest BCUT2D eigenvalue weighted by molar-refractivity contribution is 5.80. The maximum Gasteiger partial charge on any atom is 0.417 e. The highest BCUT2D eigenvalue weighted by Crippen LogP contribution is 2.33. The average Bonchev–Trinajstić information content (AvgIpc) is 3.19. The predicted octanol–water partition coefficient (Wildman–Crippen LogP) is 2.95. The van der Waals surface area contributed by atoms with E-state index in [1.54, 1.807) is 7.05 Å². The van der Waals surface area contributed by atoms with Gasteiger partial charge in [0.1, 0.15) is 0 Å². The number of fused-ring (bicyclic) bond motifs is 1. The SMILES string of the molecule is CCC1(C)CCN(C(=NC)NCc2nnc3ccc(C(F)(F)F)cn23)C1. The second kappa shape index (κ2) is 6.77. The molecule has 6 nitrogen and oxygen atoms in total. The van der Waals surface area contributed by atoms with Crippen LogP contribution in [0.5, 0.6) is 0 Å². The molecule has 1 aliphatic rings. The van der Waals surface area contributed by atoms with E-state index in [-0.39, 0.29) is 12.0 Å². The van der Waals surface area contributed by atoms with E-state index >= 15 is 0 Å². The molecule has 1 unspecified atom stereocenters. The van der Waals surface area contributed by atoms with Gasteiger partial charge < -0.3 is 10.2 Å². The van der Waals surface area contributed by atoms with Crippen molar-refractivity contribution >= 4 is 11.6 Å². The molecule has 2 aromatic rings. The Hall–Kier alpha value is -2.32. The fraction of sp³-hybridized carbons (Fsp3) is 0.588. The number of halogens is 3. The van der Waals surface area contributed by atoms with Gasteiger partial charge in [-0.25, -0.2) is 0 Å². The molecule has 0 radical (unpaired) electrons. The van der Waals surface area contributed by atoms with E-state index in [0.29, 0.717) is 11.5 Å². The lowest BCUT2D eigenvalue weighted by Gasteiger charge is -2.25. The van der Waals surface area contributed by atoms with Crippen LogP contribution in [-0.2, 0) is 12.7 Å². The number of guanidine groups is 1. The summed E-state index contributed by atoms with van der Waals surface area (Å²) in [5, 5.41) is 11.1. The summed E-state index contributed by atoms with van der Waals surface area (Å²) >= 11 is 0. The Morgan fingerprint density at radius 3 is 2.73 bits per heavy atom. The fourth-order valence-corrected chi connectivity index (χ4v) is 3.21. The lowest BCUT2D eigenvalue weighted by Crippen LogP contribution is -2.40. The quantitative estimate of drug-likeness (QED) is 0.669. The van der Waals surface area contributed by atoms with Gasteiger partial charge in [-0.05, 0) is 30.4 Å². The number of pyridine rings is 1. The third-order valence-electron chi connectivity index (χ3n) is 5.13. The summed E-state index contributed by atoms with van der Waals surface area (Å²) in [6, 6.07) is 2.33. The highest BCUT2D eigenvalue weighted by Gasteiger charge is 2.34. The molecule has 0 bridgehead atoms. The molecule has 0 aromatic carbocycles. The summed E-state index contributed by atoms with van der Waals surface area (Å²) in [4.78, 5) is 6.47. The summed E-state index contributed by atoms with van der Waals surface area (Å²) in [7, 11) is 1.70. The van der Waals surface area contributed by atoms with Crippen molar-refractivity contribution in [2.75, 3.05) is 20.1 Å². The van der Waals surface area contributed by atoms with Crippen LogP contribution in [0.1, 0.15) is 38.1 Å². The van der Waals surface area contributed by atoms with E-state index in [1.807, 2.05) is 0 Å². The number of nitrogens with zero attached hydrogens (tertiary/aromatic N) is 5. The van der Waals surface area contributed by atoms with Crippen LogP contribution in [0.15, 0.2) is 23.3 Å². The van der Waals surface area contributed by atoms with E-state index < -0.39 is 11.7 Å². The number of hydrogen-bond donors (Lipinski definition) is 1. The Morgan fingerprint density at radius 1 is 1.35 bits per heavy atom. The molecule has 1 N–H and O–H groups in total. The van der Waals surface area contributed by atoms with Crippen LogP contribution in [0.25, 0.3) is 5.65 Å². The van der Waals surface area contributed by atoms with Crippen molar-refractivity contribution in [1.29, 1.82) is 0 Å². The molecule has 0 saturated carbocycles. The Bertz CT molecular complexity index is 812. The van der Waals surface area contributed by atoms with E-state index in [0.717, 1.165) is 44.2 Å². The largest absolute Gasteiger partial charge is 0.417 e. The zero-order valence-corrected chi connectivity index (χ0v) is 15.1. The van der Waals surface area contributed by atoms with Crippen molar-refractivity contribution in [2.24, 2.45) is 10.4 Å². The average molecular weight is 368 g/mol. The fourth-order valence-electron chi connectivity index (χ4n) is 3.21. The van der Waals surface area contributed by atoms with Crippen molar-refractivity contribution in [3.63, 3.8) is 0 Å². The Kier molecular flexibility index (Phi) is 4.81. The Balaban J connectivity index is 1.75. The van der Waals surface area contributed by atoms with Gasteiger partial charge in [-0.15, -0.1) is 10.2 Å². The lowest BCUT2D eigenvalue weighted by atomic mass is 9.87. The number of aliphatic imine (C=N–C) groups is 1. The van der Waals surface area contributed by atoms with Crippen LogP contribution >= 0.6 is 0 Å². The van der Waals surface area contributed by atoms with Crippen molar-refractivity contribution < 1.29 is 13.2 Å². The minimum absolute atomic E-state index is 0.245. The number of nitrogens with one attached hydrogen (secondary N) is 1. The summed E-state index contributed by atoms with van der Waals surface area (Å²) in [6.45, 7) is 6.49. The monoisotopic (exact) mass is 368 g/mol. The molecule has 1 atom stereocenters. The van der Waals surface area contributed by atoms with E-state index in [1.165, 1.54) is 10.5 Å². The van der Waals surface area contributed by atoms with E-state index in [2.05, 4.69) is 39.3 Å².